The van der Waals surface area contributed by atoms with Crippen LogP contribution in [-0.4, -0.2) is 8.42 Å². The molecule has 0 heterocycles. The summed E-state index contributed by atoms with van der Waals surface area (Å²) in [5.41, 5.74) is -0.169. The van der Waals surface area contributed by atoms with Crippen LogP contribution in [0.25, 0.3) is 11.1 Å². The van der Waals surface area contributed by atoms with Gasteiger partial charge in [0.2, 0.25) is 10.0 Å². The fraction of sp³-hybridized carbons (Fsp3) is 0.0769. The van der Waals surface area contributed by atoms with Gasteiger partial charge in [-0.2, -0.15) is 13.2 Å². The van der Waals surface area contributed by atoms with E-state index in [-0.39, 0.29) is 15.5 Å². The summed E-state index contributed by atoms with van der Waals surface area (Å²) in [5.74, 6) is 0. The van der Waals surface area contributed by atoms with E-state index in [0.717, 1.165) is 18.2 Å². The SMILES string of the molecule is NS(=O)(=O)c1ccc(-c2cccc(C(F)(F)F)c2)cc1Cl. The average Bonchev–Trinajstić information content (AvgIpc) is 2.36. The molecule has 0 unspecified atom stereocenters. The first-order valence-corrected chi connectivity index (χ1v) is 7.51. The Hall–Kier alpha value is -1.57. The van der Waals surface area contributed by atoms with Gasteiger partial charge in [0.1, 0.15) is 4.90 Å². The van der Waals surface area contributed by atoms with E-state index in [1.807, 2.05) is 0 Å². The van der Waals surface area contributed by atoms with E-state index in [1.165, 1.54) is 24.3 Å². The topological polar surface area (TPSA) is 60.2 Å². The number of hydrogen-bond acceptors (Lipinski definition) is 2. The first kappa shape index (κ1) is 15.8. The molecule has 0 fully saturated rings. The lowest BCUT2D eigenvalue weighted by atomic mass is 10.0. The van der Waals surface area contributed by atoms with Gasteiger partial charge in [-0.3, -0.25) is 0 Å². The maximum absolute atomic E-state index is 12.7. The second-order valence-electron chi connectivity index (χ2n) is 4.27. The van der Waals surface area contributed by atoms with Crippen molar-refractivity contribution in [2.75, 3.05) is 0 Å². The highest BCUT2D eigenvalue weighted by atomic mass is 35.5. The molecular formula is C13H9ClF3NO2S. The molecule has 112 valence electrons. The van der Waals surface area contributed by atoms with E-state index in [2.05, 4.69) is 0 Å². The molecule has 0 spiro atoms. The minimum atomic E-state index is -4.46. The molecule has 21 heavy (non-hydrogen) atoms. The van der Waals surface area contributed by atoms with Crippen molar-refractivity contribution < 1.29 is 21.6 Å². The Kier molecular flexibility index (Phi) is 4.01. The number of primary sulfonamides is 1. The van der Waals surface area contributed by atoms with Crippen LogP contribution in [0.2, 0.25) is 5.02 Å². The third kappa shape index (κ3) is 3.55. The molecule has 3 nitrogen and oxygen atoms in total. The molecule has 0 bridgehead atoms. The van der Waals surface area contributed by atoms with Gasteiger partial charge in [0, 0.05) is 0 Å². The van der Waals surface area contributed by atoms with Gasteiger partial charge >= 0.3 is 6.18 Å². The smallest absolute Gasteiger partial charge is 0.225 e. The molecule has 8 heteroatoms. The molecule has 2 rings (SSSR count). The van der Waals surface area contributed by atoms with Crippen LogP contribution in [0, 0.1) is 0 Å². The zero-order valence-electron chi connectivity index (χ0n) is 10.4. The quantitative estimate of drug-likeness (QED) is 0.910. The van der Waals surface area contributed by atoms with Crippen molar-refractivity contribution in [3.8, 4) is 11.1 Å². The van der Waals surface area contributed by atoms with Crippen LogP contribution in [-0.2, 0) is 16.2 Å². The zero-order valence-corrected chi connectivity index (χ0v) is 11.9. The van der Waals surface area contributed by atoms with Gasteiger partial charge in [-0.25, -0.2) is 13.6 Å². The highest BCUT2D eigenvalue weighted by Crippen LogP contribution is 2.33. The number of nitrogens with two attached hydrogens (primary N) is 1. The van der Waals surface area contributed by atoms with Crippen molar-refractivity contribution in [2.45, 2.75) is 11.1 Å². The number of halogens is 4. The van der Waals surface area contributed by atoms with Crippen molar-refractivity contribution in [1.82, 2.24) is 0 Å². The largest absolute Gasteiger partial charge is 0.416 e. The lowest BCUT2D eigenvalue weighted by molar-refractivity contribution is -0.137. The van der Waals surface area contributed by atoms with Gasteiger partial charge in [0.15, 0.2) is 0 Å². The summed E-state index contributed by atoms with van der Waals surface area (Å²) in [7, 11) is -3.98. The normalized spacial score (nSPS) is 12.4. The van der Waals surface area contributed by atoms with E-state index in [0.29, 0.717) is 5.56 Å². The monoisotopic (exact) mass is 335 g/mol. The predicted molar refractivity (Wildman–Crippen MR) is 73.3 cm³/mol. The van der Waals surface area contributed by atoms with E-state index >= 15 is 0 Å². The summed E-state index contributed by atoms with van der Waals surface area (Å²) in [6.07, 6.45) is -4.46. The Balaban J connectivity index is 2.52. The van der Waals surface area contributed by atoms with Crippen molar-refractivity contribution in [1.29, 1.82) is 0 Å². The maximum atomic E-state index is 12.7. The first-order chi connectivity index (χ1) is 9.59. The second kappa shape index (κ2) is 5.32. The number of sulfonamides is 1. The minimum absolute atomic E-state index is 0.146. The van der Waals surface area contributed by atoms with Gasteiger partial charge in [-0.15, -0.1) is 0 Å². The molecule has 0 amide bonds. The molecule has 0 radical (unpaired) electrons. The van der Waals surface area contributed by atoms with Crippen LogP contribution in [0.1, 0.15) is 5.56 Å². The molecule has 0 saturated heterocycles. The molecular weight excluding hydrogens is 327 g/mol. The van der Waals surface area contributed by atoms with Gasteiger partial charge in [-0.05, 0) is 35.4 Å². The minimum Gasteiger partial charge on any atom is -0.225 e. The molecule has 0 saturated carbocycles. The van der Waals surface area contributed by atoms with Crippen LogP contribution in [0.5, 0.6) is 0 Å². The van der Waals surface area contributed by atoms with Crippen LogP contribution in [0.4, 0.5) is 13.2 Å². The van der Waals surface area contributed by atoms with Gasteiger partial charge in [0.25, 0.3) is 0 Å². The van der Waals surface area contributed by atoms with E-state index in [1.54, 1.807) is 0 Å². The third-order valence-electron chi connectivity index (χ3n) is 2.76. The summed E-state index contributed by atoms with van der Waals surface area (Å²) < 4.78 is 60.4. The fourth-order valence-electron chi connectivity index (χ4n) is 1.79. The lowest BCUT2D eigenvalue weighted by Crippen LogP contribution is -2.12. The number of alkyl halides is 3. The van der Waals surface area contributed by atoms with E-state index < -0.39 is 21.8 Å². The van der Waals surface area contributed by atoms with E-state index in [9.17, 15) is 21.6 Å². The Bertz CT molecular complexity index is 788. The predicted octanol–water partition coefficient (Wildman–Crippen LogP) is 3.67. The van der Waals surface area contributed by atoms with Crippen molar-refractivity contribution in [3.05, 3.63) is 53.1 Å². The highest BCUT2D eigenvalue weighted by Gasteiger charge is 2.30. The van der Waals surface area contributed by atoms with Crippen LogP contribution >= 0.6 is 11.6 Å². The van der Waals surface area contributed by atoms with Crippen molar-refractivity contribution in [2.24, 2.45) is 5.14 Å². The zero-order chi connectivity index (χ0) is 15.8. The van der Waals surface area contributed by atoms with Crippen LogP contribution < -0.4 is 5.14 Å². The van der Waals surface area contributed by atoms with Crippen molar-refractivity contribution in [3.63, 3.8) is 0 Å². The van der Waals surface area contributed by atoms with Gasteiger partial charge in [-0.1, -0.05) is 29.8 Å². The molecule has 0 atom stereocenters. The molecule has 2 aromatic rings. The molecule has 2 N–H and O–H groups in total. The summed E-state index contributed by atoms with van der Waals surface area (Å²) in [6.45, 7) is 0. The van der Waals surface area contributed by atoms with E-state index in [4.69, 9.17) is 16.7 Å². The summed E-state index contributed by atoms with van der Waals surface area (Å²) >= 11 is 5.81. The highest BCUT2D eigenvalue weighted by molar-refractivity contribution is 7.89. The molecule has 0 aliphatic carbocycles. The average molecular weight is 336 g/mol. The summed E-state index contributed by atoms with van der Waals surface area (Å²) in [4.78, 5) is -0.278. The number of hydrogen-bond donors (Lipinski definition) is 1. The Morgan fingerprint density at radius 3 is 2.14 bits per heavy atom. The lowest BCUT2D eigenvalue weighted by Gasteiger charge is -2.10. The Labute approximate surface area is 124 Å². The standard InChI is InChI=1S/C13H9ClF3NO2S/c14-11-7-9(4-5-12(11)21(18,19)20)8-2-1-3-10(6-8)13(15,16)17/h1-7H,(H2,18,19,20). The Morgan fingerprint density at radius 2 is 1.62 bits per heavy atom. The first-order valence-electron chi connectivity index (χ1n) is 5.59. The molecule has 0 aliphatic rings. The van der Waals surface area contributed by atoms with Crippen LogP contribution in [0.3, 0.4) is 0 Å². The molecule has 2 aromatic carbocycles. The summed E-state index contributed by atoms with van der Waals surface area (Å²) in [5, 5.41) is 4.82. The van der Waals surface area contributed by atoms with Gasteiger partial charge < -0.3 is 0 Å². The van der Waals surface area contributed by atoms with Crippen LogP contribution in [0.15, 0.2) is 47.4 Å². The van der Waals surface area contributed by atoms with Crippen molar-refractivity contribution >= 4 is 21.6 Å². The molecule has 0 aliphatic heterocycles. The summed E-state index contributed by atoms with van der Waals surface area (Å²) in [6, 6.07) is 8.41. The fourth-order valence-corrected chi connectivity index (χ4v) is 2.88. The number of benzene rings is 2. The second-order valence-corrected chi connectivity index (χ2v) is 6.21. The molecule has 0 aromatic heterocycles. The van der Waals surface area contributed by atoms with Gasteiger partial charge in [0.05, 0.1) is 10.6 Å². The Morgan fingerprint density at radius 1 is 1.00 bits per heavy atom. The maximum Gasteiger partial charge on any atom is 0.416 e. The third-order valence-corrected chi connectivity index (χ3v) is 4.16. The number of rotatable bonds is 2.